The van der Waals surface area contributed by atoms with Crippen molar-refractivity contribution in [3.05, 3.63) is 52.4 Å². The Hall–Kier alpha value is -1.30. The van der Waals surface area contributed by atoms with E-state index in [9.17, 15) is 0 Å². The van der Waals surface area contributed by atoms with Gasteiger partial charge in [-0.05, 0) is 59.6 Å². The predicted molar refractivity (Wildman–Crippen MR) is 77.8 cm³/mol. The van der Waals surface area contributed by atoms with Gasteiger partial charge in [0.2, 0.25) is 0 Å². The van der Waals surface area contributed by atoms with Crippen molar-refractivity contribution >= 4 is 15.9 Å². The van der Waals surface area contributed by atoms with Crippen molar-refractivity contribution in [1.82, 2.24) is 5.43 Å². The molecule has 0 bridgehead atoms. The van der Waals surface area contributed by atoms with Gasteiger partial charge in [0.05, 0.1) is 6.10 Å². The minimum atomic E-state index is -0.206. The molecule has 0 aliphatic carbocycles. The Morgan fingerprint density at radius 1 is 1.26 bits per heavy atom. The molecule has 0 saturated carbocycles. The van der Waals surface area contributed by atoms with Crippen LogP contribution >= 0.6 is 15.9 Å². The van der Waals surface area contributed by atoms with E-state index in [2.05, 4.69) is 21.4 Å². The molecule has 1 heterocycles. The Kier molecular flexibility index (Phi) is 4.63. The van der Waals surface area contributed by atoms with E-state index in [0.29, 0.717) is 4.67 Å². The Balaban J connectivity index is 2.28. The number of hydrazine groups is 1. The maximum absolute atomic E-state index is 5.68. The molecule has 0 radical (unpaired) electrons. The predicted octanol–water partition coefficient (Wildman–Crippen LogP) is 3.38. The first-order chi connectivity index (χ1) is 9.10. The van der Waals surface area contributed by atoms with Crippen LogP contribution in [0, 0.1) is 0 Å². The molecule has 102 valence electrons. The number of rotatable bonds is 5. The van der Waals surface area contributed by atoms with Crippen LogP contribution in [0.4, 0.5) is 0 Å². The normalized spacial score (nSPS) is 12.7. The van der Waals surface area contributed by atoms with Crippen LogP contribution < -0.4 is 16.0 Å². The van der Waals surface area contributed by atoms with Gasteiger partial charge in [-0.15, -0.1) is 0 Å². The van der Waals surface area contributed by atoms with Crippen molar-refractivity contribution in [2.75, 3.05) is 0 Å². The number of nitrogens with two attached hydrogens (primary N) is 1. The van der Waals surface area contributed by atoms with E-state index in [1.54, 1.807) is 0 Å². The molecule has 0 spiro atoms. The van der Waals surface area contributed by atoms with Gasteiger partial charge in [0.1, 0.15) is 17.6 Å². The molecule has 0 saturated heterocycles. The zero-order valence-electron chi connectivity index (χ0n) is 10.9. The molecule has 1 unspecified atom stereocenters. The minimum Gasteiger partial charge on any atom is -0.491 e. The quantitative estimate of drug-likeness (QED) is 0.653. The summed E-state index contributed by atoms with van der Waals surface area (Å²) in [6.07, 6.45) is 0.136. The molecule has 0 fully saturated rings. The van der Waals surface area contributed by atoms with Crippen molar-refractivity contribution < 1.29 is 9.15 Å². The van der Waals surface area contributed by atoms with Crippen LogP contribution in [0.25, 0.3) is 0 Å². The number of hydrogen-bond donors (Lipinski definition) is 2. The highest BCUT2D eigenvalue weighted by molar-refractivity contribution is 9.10. The number of furan rings is 1. The highest BCUT2D eigenvalue weighted by Crippen LogP contribution is 2.27. The first-order valence-electron chi connectivity index (χ1n) is 6.08. The van der Waals surface area contributed by atoms with Crippen LogP contribution in [0.5, 0.6) is 5.75 Å². The zero-order chi connectivity index (χ0) is 13.8. The molecule has 0 aliphatic rings. The number of nitrogens with one attached hydrogen (secondary N) is 1. The monoisotopic (exact) mass is 324 g/mol. The van der Waals surface area contributed by atoms with Crippen LogP contribution in [0.3, 0.4) is 0 Å². The van der Waals surface area contributed by atoms with Gasteiger partial charge in [-0.1, -0.05) is 12.1 Å². The third-order valence-corrected chi connectivity index (χ3v) is 3.03. The highest BCUT2D eigenvalue weighted by Gasteiger charge is 2.16. The molecule has 0 aliphatic heterocycles. The lowest BCUT2D eigenvalue weighted by molar-refractivity contribution is 0.242. The molecule has 4 nitrogen and oxygen atoms in total. The molecule has 1 atom stereocenters. The fourth-order valence-electron chi connectivity index (χ4n) is 1.87. The van der Waals surface area contributed by atoms with Crippen molar-refractivity contribution in [2.45, 2.75) is 26.0 Å². The first kappa shape index (κ1) is 14.1. The van der Waals surface area contributed by atoms with Gasteiger partial charge >= 0.3 is 0 Å². The minimum absolute atomic E-state index is 0.136. The van der Waals surface area contributed by atoms with Crippen LogP contribution in [-0.2, 0) is 0 Å². The van der Waals surface area contributed by atoms with Crippen molar-refractivity contribution in [1.29, 1.82) is 0 Å². The second-order valence-electron chi connectivity index (χ2n) is 4.48. The molecular formula is C14H17BrN2O2. The van der Waals surface area contributed by atoms with Gasteiger partial charge in [-0.2, -0.15) is 0 Å². The average Bonchev–Trinajstić information content (AvgIpc) is 2.76. The van der Waals surface area contributed by atoms with Gasteiger partial charge in [-0.25, -0.2) is 5.43 Å². The third kappa shape index (κ3) is 3.59. The lowest BCUT2D eigenvalue weighted by atomic mass is 10.1. The lowest BCUT2D eigenvalue weighted by Crippen LogP contribution is -2.28. The standard InChI is InChI=1S/C14H17BrN2O2/c1-9(2)18-11-5-3-4-10(8-11)14(17-16)12-6-7-13(15)19-12/h3-9,14,17H,16H2,1-2H3. The van der Waals surface area contributed by atoms with E-state index in [0.717, 1.165) is 17.1 Å². The number of ether oxygens (including phenoxy) is 1. The van der Waals surface area contributed by atoms with Crippen LogP contribution in [0.15, 0.2) is 45.5 Å². The molecule has 3 N–H and O–H groups in total. The molecule has 1 aromatic heterocycles. The summed E-state index contributed by atoms with van der Waals surface area (Å²) < 4.78 is 11.9. The molecular weight excluding hydrogens is 308 g/mol. The summed E-state index contributed by atoms with van der Waals surface area (Å²) in [6, 6.07) is 11.3. The smallest absolute Gasteiger partial charge is 0.169 e. The Morgan fingerprint density at radius 3 is 2.63 bits per heavy atom. The third-order valence-electron chi connectivity index (χ3n) is 2.61. The zero-order valence-corrected chi connectivity index (χ0v) is 12.5. The summed E-state index contributed by atoms with van der Waals surface area (Å²) >= 11 is 3.29. The molecule has 19 heavy (non-hydrogen) atoms. The van der Waals surface area contributed by atoms with Gasteiger partial charge in [0.25, 0.3) is 0 Å². The van der Waals surface area contributed by atoms with Crippen LogP contribution in [0.1, 0.15) is 31.2 Å². The number of hydrogen-bond acceptors (Lipinski definition) is 4. The van der Waals surface area contributed by atoms with Crippen molar-refractivity contribution in [3.63, 3.8) is 0 Å². The molecule has 2 rings (SSSR count). The summed E-state index contributed by atoms with van der Waals surface area (Å²) in [6.45, 7) is 3.99. The fraction of sp³-hybridized carbons (Fsp3) is 0.286. The van der Waals surface area contributed by atoms with Crippen LogP contribution in [0.2, 0.25) is 0 Å². The van der Waals surface area contributed by atoms with E-state index >= 15 is 0 Å². The Labute approximate surface area is 121 Å². The van der Waals surface area contributed by atoms with Crippen molar-refractivity contribution in [3.8, 4) is 5.75 Å². The second kappa shape index (κ2) is 6.23. The van der Waals surface area contributed by atoms with E-state index < -0.39 is 0 Å². The van der Waals surface area contributed by atoms with Crippen LogP contribution in [-0.4, -0.2) is 6.10 Å². The molecule has 0 amide bonds. The second-order valence-corrected chi connectivity index (χ2v) is 5.26. The van der Waals surface area contributed by atoms with Gasteiger partial charge in [0.15, 0.2) is 4.67 Å². The maximum Gasteiger partial charge on any atom is 0.169 e. The van der Waals surface area contributed by atoms with E-state index in [-0.39, 0.29) is 12.1 Å². The summed E-state index contributed by atoms with van der Waals surface area (Å²) in [5.41, 5.74) is 3.75. The Bertz CT molecular complexity index is 540. The van der Waals surface area contributed by atoms with E-state index in [1.165, 1.54) is 0 Å². The number of benzene rings is 1. The summed E-state index contributed by atoms with van der Waals surface area (Å²) in [7, 11) is 0. The molecule has 1 aromatic carbocycles. The first-order valence-corrected chi connectivity index (χ1v) is 6.87. The topological polar surface area (TPSA) is 60.4 Å². The van der Waals surface area contributed by atoms with Gasteiger partial charge < -0.3 is 9.15 Å². The maximum atomic E-state index is 5.68. The molecule has 5 heteroatoms. The Morgan fingerprint density at radius 2 is 2.05 bits per heavy atom. The SMILES string of the molecule is CC(C)Oc1cccc(C(NN)c2ccc(Br)o2)c1. The van der Waals surface area contributed by atoms with Crippen molar-refractivity contribution in [2.24, 2.45) is 5.84 Å². The number of halogens is 1. The van der Waals surface area contributed by atoms with Gasteiger partial charge in [0, 0.05) is 0 Å². The average molecular weight is 325 g/mol. The van der Waals surface area contributed by atoms with E-state index in [1.807, 2.05) is 50.2 Å². The summed E-state index contributed by atoms with van der Waals surface area (Å²) in [4.78, 5) is 0. The molecule has 2 aromatic rings. The fourth-order valence-corrected chi connectivity index (χ4v) is 2.18. The lowest BCUT2D eigenvalue weighted by Gasteiger charge is -2.16. The summed E-state index contributed by atoms with van der Waals surface area (Å²) in [5, 5.41) is 0. The van der Waals surface area contributed by atoms with Gasteiger partial charge in [-0.3, -0.25) is 5.84 Å². The largest absolute Gasteiger partial charge is 0.491 e. The van der Waals surface area contributed by atoms with E-state index in [4.69, 9.17) is 15.0 Å². The highest BCUT2D eigenvalue weighted by atomic mass is 79.9. The summed E-state index contributed by atoms with van der Waals surface area (Å²) in [5.74, 6) is 7.20.